The van der Waals surface area contributed by atoms with Gasteiger partial charge in [-0.15, -0.1) is 0 Å². The number of halogens is 4. The van der Waals surface area contributed by atoms with Crippen LogP contribution in [0.15, 0.2) is 0 Å². The van der Waals surface area contributed by atoms with Crippen molar-refractivity contribution in [2.24, 2.45) is 0 Å². The largest absolute Gasteiger partial charge is 0.401 e. The van der Waals surface area contributed by atoms with Crippen LogP contribution in [0.4, 0.5) is 13.2 Å². The minimum atomic E-state index is -3.86. The Kier molecular flexibility index (Phi) is 3.23. The summed E-state index contributed by atoms with van der Waals surface area (Å²) >= 11 is 4.60. The van der Waals surface area contributed by atoms with Crippen molar-refractivity contribution >= 4 is 11.6 Å². The van der Waals surface area contributed by atoms with Crippen LogP contribution < -0.4 is 0 Å². The lowest BCUT2D eigenvalue weighted by atomic mass is 10.3. The summed E-state index contributed by atoms with van der Waals surface area (Å²) in [6.45, 7) is 0. The average molecular weight is 202 g/mol. The van der Waals surface area contributed by atoms with E-state index in [1.807, 2.05) is 6.42 Å². The molecule has 1 rings (SSSR count). The van der Waals surface area contributed by atoms with Crippen LogP contribution in [-0.4, -0.2) is 17.8 Å². The summed E-state index contributed by atoms with van der Waals surface area (Å²) in [7, 11) is 0. The molecule has 0 aromatic heterocycles. The summed E-state index contributed by atoms with van der Waals surface area (Å²) in [5.74, 6) is 0. The van der Waals surface area contributed by atoms with E-state index in [1.165, 1.54) is 0 Å². The van der Waals surface area contributed by atoms with Crippen LogP contribution in [0.2, 0.25) is 0 Å². The number of ether oxygens (including phenoxy) is 1. The van der Waals surface area contributed by atoms with E-state index in [-0.39, 0.29) is 0 Å². The minimum Gasteiger partial charge on any atom is -0.314 e. The Morgan fingerprint density at radius 1 is 1.58 bits per heavy atom. The Bertz CT molecular complexity index is 146. The Morgan fingerprint density at radius 3 is 2.67 bits per heavy atom. The van der Waals surface area contributed by atoms with Gasteiger partial charge in [0.2, 0.25) is 0 Å². The van der Waals surface area contributed by atoms with E-state index in [0.29, 0.717) is 12.8 Å². The van der Waals surface area contributed by atoms with Gasteiger partial charge >= 0.3 is 6.11 Å². The standard InChI is InChI=1S/C7H9ClF3O/c8-6(9)7(10,11)12-5-3-1-2-4-5/h1,5-6H,2-4H2. The van der Waals surface area contributed by atoms with Crippen molar-refractivity contribution in [3.8, 4) is 0 Å². The Hall–Kier alpha value is 0.0400. The SMILES string of the molecule is FC(Cl)C(F)(F)OC1C[CH]CC1. The molecule has 1 aliphatic rings. The van der Waals surface area contributed by atoms with E-state index in [1.54, 1.807) is 0 Å². The maximum Gasteiger partial charge on any atom is 0.401 e. The van der Waals surface area contributed by atoms with Crippen LogP contribution in [-0.2, 0) is 4.74 Å². The predicted molar refractivity (Wildman–Crippen MR) is 38.7 cm³/mol. The predicted octanol–water partition coefficient (Wildman–Crippen LogP) is 2.89. The maximum absolute atomic E-state index is 12.5. The van der Waals surface area contributed by atoms with Gasteiger partial charge < -0.3 is 4.74 Å². The second-order valence-electron chi connectivity index (χ2n) is 2.70. The Labute approximate surface area is 73.8 Å². The topological polar surface area (TPSA) is 9.23 Å². The van der Waals surface area contributed by atoms with Crippen molar-refractivity contribution in [1.82, 2.24) is 0 Å². The highest BCUT2D eigenvalue weighted by Crippen LogP contribution is 2.32. The molecule has 0 spiro atoms. The molecule has 0 heterocycles. The van der Waals surface area contributed by atoms with Gasteiger partial charge in [-0.05, 0) is 25.7 Å². The zero-order valence-electron chi connectivity index (χ0n) is 6.27. The first-order valence-electron chi connectivity index (χ1n) is 3.68. The molecule has 1 aliphatic carbocycles. The van der Waals surface area contributed by atoms with Gasteiger partial charge in [-0.2, -0.15) is 8.78 Å². The maximum atomic E-state index is 12.5. The zero-order chi connectivity index (χ0) is 9.19. The quantitative estimate of drug-likeness (QED) is 0.638. The van der Waals surface area contributed by atoms with Gasteiger partial charge in [0.1, 0.15) is 0 Å². The lowest BCUT2D eigenvalue weighted by Crippen LogP contribution is -2.33. The second kappa shape index (κ2) is 3.83. The van der Waals surface area contributed by atoms with Gasteiger partial charge in [0, 0.05) is 0 Å². The number of hydrogen-bond donors (Lipinski definition) is 0. The molecule has 0 amide bonds. The second-order valence-corrected chi connectivity index (χ2v) is 3.09. The first kappa shape index (κ1) is 10.1. The van der Waals surface area contributed by atoms with Crippen LogP contribution in [0.5, 0.6) is 0 Å². The van der Waals surface area contributed by atoms with Crippen LogP contribution in [0.25, 0.3) is 0 Å². The minimum absolute atomic E-state index is 0.444. The summed E-state index contributed by atoms with van der Waals surface area (Å²) in [5, 5.41) is 0. The van der Waals surface area contributed by atoms with Crippen molar-refractivity contribution in [2.45, 2.75) is 37.1 Å². The fraction of sp³-hybridized carbons (Fsp3) is 0.857. The highest BCUT2D eigenvalue weighted by Gasteiger charge is 2.43. The molecule has 1 saturated carbocycles. The molecule has 0 N–H and O–H groups in total. The van der Waals surface area contributed by atoms with E-state index in [4.69, 9.17) is 0 Å². The highest BCUT2D eigenvalue weighted by molar-refractivity contribution is 6.20. The Morgan fingerprint density at radius 2 is 2.25 bits per heavy atom. The molecule has 1 fully saturated rings. The molecule has 1 radical (unpaired) electrons. The monoisotopic (exact) mass is 201 g/mol. The zero-order valence-corrected chi connectivity index (χ0v) is 7.03. The van der Waals surface area contributed by atoms with E-state index < -0.39 is 17.8 Å². The molecule has 2 unspecified atom stereocenters. The molecule has 1 nitrogen and oxygen atoms in total. The number of hydrogen-bond acceptors (Lipinski definition) is 1. The van der Waals surface area contributed by atoms with Crippen LogP contribution in [0.1, 0.15) is 19.3 Å². The Balaban J connectivity index is 2.37. The van der Waals surface area contributed by atoms with Gasteiger partial charge in [-0.1, -0.05) is 11.6 Å². The number of rotatable bonds is 3. The van der Waals surface area contributed by atoms with Crippen LogP contribution in [0.3, 0.4) is 0 Å². The smallest absolute Gasteiger partial charge is 0.314 e. The molecule has 71 valence electrons. The third-order valence-electron chi connectivity index (χ3n) is 1.70. The molecule has 0 saturated heterocycles. The fourth-order valence-electron chi connectivity index (χ4n) is 1.11. The first-order valence-corrected chi connectivity index (χ1v) is 4.11. The van der Waals surface area contributed by atoms with Gasteiger partial charge in [-0.3, -0.25) is 0 Å². The third kappa shape index (κ3) is 2.52. The molecule has 0 aliphatic heterocycles. The van der Waals surface area contributed by atoms with Gasteiger partial charge in [-0.25, -0.2) is 4.39 Å². The molecular formula is C7H9ClF3O. The molecule has 0 aromatic rings. The summed E-state index contributed by atoms with van der Waals surface area (Å²) < 4.78 is 41.1. The third-order valence-corrected chi connectivity index (χ3v) is 1.95. The van der Waals surface area contributed by atoms with Gasteiger partial charge in [0.05, 0.1) is 6.10 Å². The van der Waals surface area contributed by atoms with Crippen molar-refractivity contribution in [3.05, 3.63) is 6.42 Å². The lowest BCUT2D eigenvalue weighted by Gasteiger charge is -2.20. The van der Waals surface area contributed by atoms with Crippen molar-refractivity contribution < 1.29 is 17.9 Å². The average Bonchev–Trinajstić information content (AvgIpc) is 2.38. The van der Waals surface area contributed by atoms with Crippen molar-refractivity contribution in [3.63, 3.8) is 0 Å². The summed E-state index contributed by atoms with van der Waals surface area (Å²) in [6.07, 6.45) is -0.914. The molecule has 0 bridgehead atoms. The van der Waals surface area contributed by atoms with E-state index in [0.717, 1.165) is 6.42 Å². The van der Waals surface area contributed by atoms with E-state index >= 15 is 0 Å². The van der Waals surface area contributed by atoms with E-state index in [9.17, 15) is 13.2 Å². The molecule has 2 atom stereocenters. The first-order chi connectivity index (χ1) is 5.52. The van der Waals surface area contributed by atoms with Gasteiger partial charge in [0.25, 0.3) is 5.63 Å². The highest BCUT2D eigenvalue weighted by atomic mass is 35.5. The van der Waals surface area contributed by atoms with Crippen molar-refractivity contribution in [1.29, 1.82) is 0 Å². The summed E-state index contributed by atoms with van der Waals surface area (Å²) in [4.78, 5) is 0. The molecule has 5 heteroatoms. The van der Waals surface area contributed by atoms with E-state index in [2.05, 4.69) is 16.3 Å². The van der Waals surface area contributed by atoms with Crippen LogP contribution in [0, 0.1) is 6.42 Å². The molecule has 0 aromatic carbocycles. The fourth-order valence-corrected chi connectivity index (χ4v) is 1.16. The van der Waals surface area contributed by atoms with Crippen LogP contribution >= 0.6 is 11.6 Å². The normalized spacial score (nSPS) is 23.0. The molecule has 12 heavy (non-hydrogen) atoms. The van der Waals surface area contributed by atoms with Crippen molar-refractivity contribution in [2.75, 3.05) is 0 Å². The van der Waals surface area contributed by atoms with Gasteiger partial charge in [0.15, 0.2) is 0 Å². The summed E-state index contributed by atoms with van der Waals surface area (Å²) in [6, 6.07) is 0. The lowest BCUT2D eigenvalue weighted by molar-refractivity contribution is -0.277. The molecular weight excluding hydrogens is 193 g/mol. The number of alkyl halides is 4. The summed E-state index contributed by atoms with van der Waals surface area (Å²) in [5.41, 5.74) is -2.77.